The number of rotatable bonds is 3. The molecule has 2 aromatic rings. The van der Waals surface area contributed by atoms with Gasteiger partial charge in [-0.1, -0.05) is 37.3 Å². The van der Waals surface area contributed by atoms with E-state index < -0.39 is 0 Å². The van der Waals surface area contributed by atoms with Gasteiger partial charge in [0.2, 0.25) is 11.8 Å². The van der Waals surface area contributed by atoms with Crippen molar-refractivity contribution >= 4 is 29.1 Å². The number of imide groups is 1. The number of hydrogen-bond acceptors (Lipinski definition) is 3. The Labute approximate surface area is 170 Å². The van der Waals surface area contributed by atoms with E-state index in [9.17, 15) is 14.4 Å². The number of amides is 3. The number of para-hydroxylation sites is 1. The standard InChI is InChI=1S/C24H24N2O3/c1-14-11-15(2)13-17(12-14)25-22(27)18-8-4-5-10-20(18)26-23(28)19-9-6-7-16(3)21(19)24(26)29/h4-8,10-13,16,19,21H,9H2,1-3H3,(H,25,27)/t16-,19-,21-/m0/s1. The summed E-state index contributed by atoms with van der Waals surface area (Å²) in [5.41, 5.74) is 3.44. The van der Waals surface area contributed by atoms with Gasteiger partial charge in [-0.15, -0.1) is 0 Å². The minimum Gasteiger partial charge on any atom is -0.322 e. The molecule has 4 rings (SSSR count). The zero-order valence-electron chi connectivity index (χ0n) is 16.8. The molecule has 1 saturated heterocycles. The Kier molecular flexibility index (Phi) is 4.82. The number of anilines is 2. The number of benzene rings is 2. The molecule has 2 aromatic carbocycles. The fraction of sp³-hybridized carbons (Fsp3) is 0.292. The third kappa shape index (κ3) is 3.37. The Hall–Kier alpha value is -3.21. The first kappa shape index (κ1) is 19.1. The molecule has 1 aliphatic carbocycles. The first-order valence-electron chi connectivity index (χ1n) is 9.90. The Morgan fingerprint density at radius 1 is 1.03 bits per heavy atom. The molecule has 0 radical (unpaired) electrons. The molecule has 1 aliphatic heterocycles. The molecule has 5 heteroatoms. The minimum atomic E-state index is -0.358. The van der Waals surface area contributed by atoms with Gasteiger partial charge >= 0.3 is 0 Å². The SMILES string of the molecule is Cc1cc(C)cc(NC(=O)c2ccccc2N2C(=O)[C@@H]3[C@H](CC=C[C@@H]3C)C2=O)c1. The summed E-state index contributed by atoms with van der Waals surface area (Å²) in [5.74, 6) is -1.48. The van der Waals surface area contributed by atoms with Crippen LogP contribution in [-0.2, 0) is 9.59 Å². The van der Waals surface area contributed by atoms with Crippen LogP contribution in [0.5, 0.6) is 0 Å². The summed E-state index contributed by atoms with van der Waals surface area (Å²) in [6, 6.07) is 12.6. The van der Waals surface area contributed by atoms with E-state index in [1.807, 2.05) is 51.1 Å². The van der Waals surface area contributed by atoms with Crippen molar-refractivity contribution in [3.8, 4) is 0 Å². The highest BCUT2D eigenvalue weighted by Crippen LogP contribution is 2.41. The minimum absolute atomic E-state index is 0.00598. The molecule has 1 heterocycles. The Bertz CT molecular complexity index is 1020. The highest BCUT2D eigenvalue weighted by molar-refractivity contribution is 6.25. The van der Waals surface area contributed by atoms with E-state index in [0.29, 0.717) is 23.4 Å². The maximum absolute atomic E-state index is 13.1. The van der Waals surface area contributed by atoms with E-state index in [4.69, 9.17) is 0 Å². The van der Waals surface area contributed by atoms with Crippen molar-refractivity contribution in [1.29, 1.82) is 0 Å². The van der Waals surface area contributed by atoms with Crippen LogP contribution >= 0.6 is 0 Å². The third-order valence-corrected chi connectivity index (χ3v) is 5.74. The first-order valence-corrected chi connectivity index (χ1v) is 9.90. The van der Waals surface area contributed by atoms with Crippen molar-refractivity contribution in [2.24, 2.45) is 17.8 Å². The monoisotopic (exact) mass is 388 g/mol. The largest absolute Gasteiger partial charge is 0.322 e. The maximum atomic E-state index is 13.1. The Balaban J connectivity index is 1.68. The van der Waals surface area contributed by atoms with Crippen LogP contribution in [0.2, 0.25) is 0 Å². The summed E-state index contributed by atoms with van der Waals surface area (Å²) < 4.78 is 0. The van der Waals surface area contributed by atoms with E-state index >= 15 is 0 Å². The lowest BCUT2D eigenvalue weighted by Gasteiger charge is -2.22. The summed E-state index contributed by atoms with van der Waals surface area (Å²) >= 11 is 0. The zero-order valence-corrected chi connectivity index (χ0v) is 16.8. The molecule has 3 amide bonds. The Morgan fingerprint density at radius 2 is 1.72 bits per heavy atom. The molecule has 5 nitrogen and oxygen atoms in total. The van der Waals surface area contributed by atoms with Gasteiger partial charge in [0.05, 0.1) is 23.1 Å². The summed E-state index contributed by atoms with van der Waals surface area (Å²) in [6.07, 6.45) is 4.53. The van der Waals surface area contributed by atoms with Crippen molar-refractivity contribution in [2.75, 3.05) is 10.2 Å². The second kappa shape index (κ2) is 7.32. The van der Waals surface area contributed by atoms with Gasteiger partial charge in [-0.2, -0.15) is 0 Å². The predicted octanol–water partition coefficient (Wildman–Crippen LogP) is 4.26. The molecule has 0 aromatic heterocycles. The average molecular weight is 388 g/mol. The smallest absolute Gasteiger partial charge is 0.257 e. The van der Waals surface area contributed by atoms with E-state index in [2.05, 4.69) is 5.32 Å². The number of fused-ring (bicyclic) bond motifs is 1. The number of aryl methyl sites for hydroxylation is 2. The van der Waals surface area contributed by atoms with Gasteiger partial charge in [-0.05, 0) is 61.6 Å². The number of nitrogens with zero attached hydrogens (tertiary/aromatic N) is 1. The van der Waals surface area contributed by atoms with Crippen LogP contribution in [-0.4, -0.2) is 17.7 Å². The molecule has 0 bridgehead atoms. The van der Waals surface area contributed by atoms with Crippen LogP contribution in [0.15, 0.2) is 54.6 Å². The lowest BCUT2D eigenvalue weighted by atomic mass is 9.78. The normalized spacial score (nSPS) is 23.3. The second-order valence-electron chi connectivity index (χ2n) is 8.01. The summed E-state index contributed by atoms with van der Waals surface area (Å²) in [5, 5.41) is 2.90. The van der Waals surface area contributed by atoms with E-state index in [0.717, 1.165) is 11.1 Å². The lowest BCUT2D eigenvalue weighted by Crippen LogP contribution is -2.33. The van der Waals surface area contributed by atoms with Gasteiger partial charge < -0.3 is 5.32 Å². The highest BCUT2D eigenvalue weighted by Gasteiger charge is 2.51. The molecular weight excluding hydrogens is 364 g/mol. The second-order valence-corrected chi connectivity index (χ2v) is 8.01. The molecule has 0 saturated carbocycles. The molecule has 1 fully saturated rings. The van der Waals surface area contributed by atoms with Gasteiger partial charge in [-0.3, -0.25) is 14.4 Å². The van der Waals surface area contributed by atoms with Crippen LogP contribution in [0.4, 0.5) is 11.4 Å². The van der Waals surface area contributed by atoms with Crippen molar-refractivity contribution in [1.82, 2.24) is 0 Å². The molecule has 3 atom stereocenters. The van der Waals surface area contributed by atoms with Crippen molar-refractivity contribution in [3.63, 3.8) is 0 Å². The number of allylic oxidation sites excluding steroid dienone is 2. The summed E-state index contributed by atoms with van der Waals surface area (Å²) in [4.78, 5) is 40.4. The maximum Gasteiger partial charge on any atom is 0.257 e. The molecule has 148 valence electrons. The molecule has 0 spiro atoms. The molecule has 1 N–H and O–H groups in total. The summed E-state index contributed by atoms with van der Waals surface area (Å²) in [7, 11) is 0. The van der Waals surface area contributed by atoms with Crippen LogP contribution in [0.25, 0.3) is 0 Å². The van der Waals surface area contributed by atoms with Crippen LogP contribution in [0, 0.1) is 31.6 Å². The van der Waals surface area contributed by atoms with Crippen LogP contribution < -0.4 is 10.2 Å². The van der Waals surface area contributed by atoms with E-state index in [1.54, 1.807) is 24.3 Å². The Morgan fingerprint density at radius 3 is 2.41 bits per heavy atom. The molecule has 0 unspecified atom stereocenters. The van der Waals surface area contributed by atoms with Gasteiger partial charge in [0.25, 0.3) is 5.91 Å². The van der Waals surface area contributed by atoms with Gasteiger partial charge in [0.15, 0.2) is 0 Å². The van der Waals surface area contributed by atoms with Gasteiger partial charge in [0, 0.05) is 5.69 Å². The van der Waals surface area contributed by atoms with Crippen molar-refractivity contribution < 1.29 is 14.4 Å². The lowest BCUT2D eigenvalue weighted by molar-refractivity contribution is -0.122. The van der Waals surface area contributed by atoms with Gasteiger partial charge in [-0.25, -0.2) is 4.90 Å². The van der Waals surface area contributed by atoms with Gasteiger partial charge in [0.1, 0.15) is 0 Å². The third-order valence-electron chi connectivity index (χ3n) is 5.74. The number of carbonyl (C=O) groups is 3. The number of nitrogens with one attached hydrogen (secondary N) is 1. The number of hydrogen-bond donors (Lipinski definition) is 1. The fourth-order valence-electron chi connectivity index (χ4n) is 4.49. The van der Waals surface area contributed by atoms with E-state index in [-0.39, 0.29) is 35.5 Å². The fourth-order valence-corrected chi connectivity index (χ4v) is 4.49. The van der Waals surface area contributed by atoms with Crippen LogP contribution in [0.3, 0.4) is 0 Å². The highest BCUT2D eigenvalue weighted by atomic mass is 16.2. The topological polar surface area (TPSA) is 66.5 Å². The molecular formula is C24H24N2O3. The average Bonchev–Trinajstić information content (AvgIpc) is 2.92. The van der Waals surface area contributed by atoms with Crippen LogP contribution in [0.1, 0.15) is 34.8 Å². The van der Waals surface area contributed by atoms with Crippen molar-refractivity contribution in [3.05, 3.63) is 71.3 Å². The van der Waals surface area contributed by atoms with E-state index in [1.165, 1.54) is 4.90 Å². The summed E-state index contributed by atoms with van der Waals surface area (Å²) in [6.45, 7) is 5.89. The molecule has 2 aliphatic rings. The molecule has 29 heavy (non-hydrogen) atoms. The predicted molar refractivity (Wildman–Crippen MR) is 113 cm³/mol. The quantitative estimate of drug-likeness (QED) is 0.631. The first-order chi connectivity index (χ1) is 13.9. The van der Waals surface area contributed by atoms with Crippen molar-refractivity contribution in [2.45, 2.75) is 27.2 Å². The number of carbonyl (C=O) groups excluding carboxylic acids is 3. The zero-order chi connectivity index (χ0) is 20.7.